The Hall–Kier alpha value is -1.55. The number of rotatable bonds is 7. The lowest BCUT2D eigenvalue weighted by atomic mass is 10.1. The van der Waals surface area contributed by atoms with Gasteiger partial charge in [0.25, 0.3) is 0 Å². The van der Waals surface area contributed by atoms with Gasteiger partial charge in [0.1, 0.15) is 5.75 Å². The third-order valence-electron chi connectivity index (χ3n) is 2.52. The van der Waals surface area contributed by atoms with E-state index in [2.05, 4.69) is 13.8 Å². The van der Waals surface area contributed by atoms with Crippen LogP contribution in [0.4, 0.5) is 0 Å². The molecule has 4 nitrogen and oxygen atoms in total. The highest BCUT2D eigenvalue weighted by Crippen LogP contribution is 2.17. The molecule has 1 aromatic rings. The lowest BCUT2D eigenvalue weighted by Crippen LogP contribution is -2.13. The molecule has 1 rings (SSSR count). The van der Waals surface area contributed by atoms with E-state index in [4.69, 9.17) is 21.1 Å². The largest absolute Gasteiger partial charge is 0.466 e. The predicted molar refractivity (Wildman–Crippen MR) is 76.7 cm³/mol. The van der Waals surface area contributed by atoms with Gasteiger partial charge in [-0.05, 0) is 30.5 Å². The summed E-state index contributed by atoms with van der Waals surface area (Å²) in [5.41, 5.74) is 0. The number of carbonyl (C=O) groups excluding carboxylic acids is 2. The van der Waals surface area contributed by atoms with Crippen molar-refractivity contribution in [2.24, 2.45) is 5.92 Å². The molecular formula is C15H19ClO4. The highest BCUT2D eigenvalue weighted by atomic mass is 35.5. The first-order valence-corrected chi connectivity index (χ1v) is 6.97. The van der Waals surface area contributed by atoms with Gasteiger partial charge in [0, 0.05) is 5.02 Å². The van der Waals surface area contributed by atoms with Gasteiger partial charge in [0.05, 0.1) is 19.4 Å². The van der Waals surface area contributed by atoms with Gasteiger partial charge >= 0.3 is 11.9 Å². The van der Waals surface area contributed by atoms with Gasteiger partial charge in [0.2, 0.25) is 0 Å². The average molecular weight is 299 g/mol. The Morgan fingerprint density at radius 3 is 2.55 bits per heavy atom. The molecule has 0 aliphatic carbocycles. The summed E-state index contributed by atoms with van der Waals surface area (Å²) in [6.07, 6.45) is 0.837. The summed E-state index contributed by atoms with van der Waals surface area (Å²) in [5.74, 6) is -0.00644. The number of esters is 2. The molecule has 0 saturated heterocycles. The lowest BCUT2D eigenvalue weighted by Gasteiger charge is -2.07. The second-order valence-electron chi connectivity index (χ2n) is 4.83. The fourth-order valence-corrected chi connectivity index (χ4v) is 1.58. The summed E-state index contributed by atoms with van der Waals surface area (Å²) in [6.45, 7) is 4.49. The molecule has 0 N–H and O–H groups in total. The highest BCUT2D eigenvalue weighted by molar-refractivity contribution is 6.30. The third kappa shape index (κ3) is 7.14. The Kier molecular flexibility index (Phi) is 7.09. The molecule has 20 heavy (non-hydrogen) atoms. The van der Waals surface area contributed by atoms with Crippen LogP contribution in [0.25, 0.3) is 0 Å². The van der Waals surface area contributed by atoms with Crippen molar-refractivity contribution in [2.45, 2.75) is 33.1 Å². The fourth-order valence-electron chi connectivity index (χ4n) is 1.40. The minimum atomic E-state index is -0.479. The van der Waals surface area contributed by atoms with Crippen LogP contribution in [0.3, 0.4) is 0 Å². The van der Waals surface area contributed by atoms with Crippen LogP contribution < -0.4 is 4.74 Å². The van der Waals surface area contributed by atoms with E-state index in [1.54, 1.807) is 24.3 Å². The van der Waals surface area contributed by atoms with Crippen molar-refractivity contribution >= 4 is 23.5 Å². The van der Waals surface area contributed by atoms with Crippen molar-refractivity contribution in [2.75, 3.05) is 6.61 Å². The molecule has 0 spiro atoms. The molecule has 0 aromatic heterocycles. The number of benzene rings is 1. The first kappa shape index (κ1) is 16.5. The molecule has 0 aliphatic rings. The zero-order chi connectivity index (χ0) is 15.0. The third-order valence-corrected chi connectivity index (χ3v) is 2.75. The minimum Gasteiger partial charge on any atom is -0.466 e. The van der Waals surface area contributed by atoms with E-state index in [1.165, 1.54) is 0 Å². The summed E-state index contributed by atoms with van der Waals surface area (Å²) in [7, 11) is 0. The van der Waals surface area contributed by atoms with Crippen LogP contribution in [0.15, 0.2) is 24.3 Å². The van der Waals surface area contributed by atoms with Crippen LogP contribution in [0.1, 0.15) is 33.1 Å². The van der Waals surface area contributed by atoms with Crippen molar-refractivity contribution in [3.63, 3.8) is 0 Å². The van der Waals surface area contributed by atoms with Crippen molar-refractivity contribution in [3.05, 3.63) is 29.3 Å². The van der Waals surface area contributed by atoms with Gasteiger partial charge in [-0.3, -0.25) is 9.59 Å². The van der Waals surface area contributed by atoms with E-state index < -0.39 is 5.97 Å². The molecule has 1 aromatic carbocycles. The number of hydrogen-bond donors (Lipinski definition) is 0. The molecule has 0 unspecified atom stereocenters. The average Bonchev–Trinajstić information content (AvgIpc) is 2.36. The molecule has 0 saturated carbocycles. The lowest BCUT2D eigenvalue weighted by molar-refractivity contribution is -0.147. The van der Waals surface area contributed by atoms with E-state index in [0.29, 0.717) is 23.3 Å². The van der Waals surface area contributed by atoms with E-state index in [0.717, 1.165) is 6.42 Å². The smallest absolute Gasteiger partial charge is 0.311 e. The number of ether oxygens (including phenoxy) is 2. The van der Waals surface area contributed by atoms with Gasteiger partial charge in [0.15, 0.2) is 0 Å². The Morgan fingerprint density at radius 1 is 1.20 bits per heavy atom. The molecule has 5 heteroatoms. The van der Waals surface area contributed by atoms with Gasteiger partial charge < -0.3 is 9.47 Å². The quantitative estimate of drug-likeness (QED) is 0.570. The normalized spacial score (nSPS) is 10.4. The Balaban J connectivity index is 2.24. The van der Waals surface area contributed by atoms with Crippen molar-refractivity contribution < 1.29 is 19.1 Å². The fraction of sp³-hybridized carbons (Fsp3) is 0.467. The topological polar surface area (TPSA) is 52.6 Å². The molecule has 0 fully saturated rings. The number of hydrogen-bond acceptors (Lipinski definition) is 4. The van der Waals surface area contributed by atoms with Crippen LogP contribution in [0.2, 0.25) is 5.02 Å². The summed E-state index contributed by atoms with van der Waals surface area (Å²) < 4.78 is 10.1. The molecule has 0 heterocycles. The molecule has 0 aliphatic heterocycles. The maximum absolute atomic E-state index is 11.5. The zero-order valence-electron chi connectivity index (χ0n) is 11.7. The molecule has 0 radical (unpaired) electrons. The minimum absolute atomic E-state index is 0.00692. The number of halogens is 1. The first-order chi connectivity index (χ1) is 9.47. The Labute approximate surface area is 124 Å². The van der Waals surface area contributed by atoms with Gasteiger partial charge in [-0.15, -0.1) is 0 Å². The predicted octanol–water partition coefficient (Wildman–Crippen LogP) is 3.61. The molecule has 0 atom stereocenters. The number of carbonyl (C=O) groups is 2. The molecule has 0 amide bonds. The monoisotopic (exact) mass is 298 g/mol. The molecule has 110 valence electrons. The van der Waals surface area contributed by atoms with E-state index in [1.807, 2.05) is 0 Å². The van der Waals surface area contributed by atoms with Crippen LogP contribution in [0, 0.1) is 5.92 Å². The van der Waals surface area contributed by atoms with Crippen LogP contribution in [-0.2, 0) is 14.3 Å². The summed E-state index contributed by atoms with van der Waals surface area (Å²) >= 11 is 5.77. The van der Waals surface area contributed by atoms with Crippen LogP contribution >= 0.6 is 11.6 Å². The SMILES string of the molecule is CC(C)CCOC(=O)CCC(=O)Oc1cccc(Cl)c1. The first-order valence-electron chi connectivity index (χ1n) is 6.59. The van der Waals surface area contributed by atoms with E-state index in [9.17, 15) is 9.59 Å². The second kappa shape index (κ2) is 8.59. The zero-order valence-corrected chi connectivity index (χ0v) is 12.5. The van der Waals surface area contributed by atoms with Gasteiger partial charge in [-0.25, -0.2) is 0 Å². The summed E-state index contributed by atoms with van der Waals surface area (Å²) in [6, 6.07) is 6.54. The second-order valence-corrected chi connectivity index (χ2v) is 5.27. The van der Waals surface area contributed by atoms with Crippen LogP contribution in [-0.4, -0.2) is 18.5 Å². The van der Waals surface area contributed by atoms with Crippen molar-refractivity contribution in [1.82, 2.24) is 0 Å². The standard InChI is InChI=1S/C15H19ClO4/c1-11(2)8-9-19-14(17)6-7-15(18)20-13-5-3-4-12(16)10-13/h3-5,10-11H,6-9H2,1-2H3. The maximum atomic E-state index is 11.5. The van der Waals surface area contributed by atoms with Gasteiger partial charge in [-0.1, -0.05) is 31.5 Å². The molecular weight excluding hydrogens is 280 g/mol. The van der Waals surface area contributed by atoms with Gasteiger partial charge in [-0.2, -0.15) is 0 Å². The van der Waals surface area contributed by atoms with E-state index >= 15 is 0 Å². The molecule has 0 bridgehead atoms. The van der Waals surface area contributed by atoms with E-state index in [-0.39, 0.29) is 18.8 Å². The van der Waals surface area contributed by atoms with Crippen molar-refractivity contribution in [3.8, 4) is 5.75 Å². The van der Waals surface area contributed by atoms with Crippen LogP contribution in [0.5, 0.6) is 5.75 Å². The summed E-state index contributed by atoms with van der Waals surface area (Å²) in [4.78, 5) is 22.9. The van der Waals surface area contributed by atoms with Crippen molar-refractivity contribution in [1.29, 1.82) is 0 Å². The Morgan fingerprint density at radius 2 is 1.90 bits per heavy atom. The maximum Gasteiger partial charge on any atom is 0.311 e. The Bertz CT molecular complexity index is 457. The highest BCUT2D eigenvalue weighted by Gasteiger charge is 2.10. The summed E-state index contributed by atoms with van der Waals surface area (Å²) in [5, 5.41) is 0.489.